The van der Waals surface area contributed by atoms with Crippen LogP contribution in [0.5, 0.6) is 5.75 Å². The van der Waals surface area contributed by atoms with E-state index >= 15 is 0 Å². The Morgan fingerprint density at radius 3 is 2.64 bits per heavy atom. The first-order valence-electron chi connectivity index (χ1n) is 6.53. The Morgan fingerprint density at radius 1 is 1.18 bits per heavy atom. The number of ether oxygens (including phenoxy) is 1. The summed E-state index contributed by atoms with van der Waals surface area (Å²) < 4.78 is 10.6. The van der Waals surface area contributed by atoms with Gasteiger partial charge in [0.25, 0.3) is 5.69 Å². The molecule has 0 fully saturated rings. The third-order valence-electron chi connectivity index (χ3n) is 3.13. The van der Waals surface area contributed by atoms with Gasteiger partial charge >= 0.3 is 0 Å². The molecule has 0 aliphatic carbocycles. The van der Waals surface area contributed by atoms with Crippen LogP contribution in [-0.2, 0) is 0 Å². The Kier molecular flexibility index (Phi) is 3.57. The summed E-state index contributed by atoms with van der Waals surface area (Å²) in [6.07, 6.45) is 3.56. The number of aromatic nitrogens is 1. The van der Waals surface area contributed by atoms with Gasteiger partial charge < -0.3 is 9.15 Å². The summed E-state index contributed by atoms with van der Waals surface area (Å²) in [6.45, 7) is 0. The van der Waals surface area contributed by atoms with Crippen LogP contribution in [0.15, 0.2) is 46.9 Å². The first kappa shape index (κ1) is 13.8. The predicted molar refractivity (Wildman–Crippen MR) is 82.6 cm³/mol. The molecule has 22 heavy (non-hydrogen) atoms. The lowest BCUT2D eigenvalue weighted by molar-refractivity contribution is -0.384. The molecule has 0 unspecified atom stereocenters. The molecule has 0 bridgehead atoms. The first-order chi connectivity index (χ1) is 10.7. The van der Waals surface area contributed by atoms with Crippen molar-refractivity contribution in [2.75, 3.05) is 7.11 Å². The van der Waals surface area contributed by atoms with E-state index in [0.29, 0.717) is 17.0 Å². The minimum absolute atomic E-state index is 0.00789. The maximum atomic E-state index is 10.7. The van der Waals surface area contributed by atoms with E-state index in [9.17, 15) is 10.1 Å². The lowest BCUT2D eigenvalue weighted by Crippen LogP contribution is -1.86. The van der Waals surface area contributed by atoms with Crippen LogP contribution in [0.3, 0.4) is 0 Å². The molecule has 1 heterocycles. The van der Waals surface area contributed by atoms with Gasteiger partial charge in [0.1, 0.15) is 11.3 Å². The molecule has 1 aromatic heterocycles. The summed E-state index contributed by atoms with van der Waals surface area (Å²) in [5, 5.41) is 10.7. The van der Waals surface area contributed by atoms with Crippen LogP contribution in [0.1, 0.15) is 11.5 Å². The van der Waals surface area contributed by atoms with E-state index in [1.54, 1.807) is 19.3 Å². The van der Waals surface area contributed by atoms with Crippen LogP contribution < -0.4 is 4.74 Å². The summed E-state index contributed by atoms with van der Waals surface area (Å²) in [4.78, 5) is 14.5. The fraction of sp³-hybridized carbons (Fsp3) is 0.0625. The molecule has 0 saturated heterocycles. The standard InChI is InChI=1S/C16H12N2O4/c1-21-13-6-2-11(3-7-13)4-9-16-17-14-10-12(18(19)20)5-8-15(14)22-16/h2-10H,1H3/b9-4+. The molecule has 110 valence electrons. The Hall–Kier alpha value is -3.15. The van der Waals surface area contributed by atoms with Gasteiger partial charge in [-0.05, 0) is 29.8 Å². The Balaban J connectivity index is 1.86. The second kappa shape index (κ2) is 5.69. The zero-order valence-electron chi connectivity index (χ0n) is 11.7. The summed E-state index contributed by atoms with van der Waals surface area (Å²) in [7, 11) is 1.61. The van der Waals surface area contributed by atoms with Gasteiger partial charge in [-0.2, -0.15) is 0 Å². The molecule has 0 aliphatic rings. The quantitative estimate of drug-likeness (QED) is 0.538. The van der Waals surface area contributed by atoms with Crippen molar-refractivity contribution in [2.24, 2.45) is 0 Å². The van der Waals surface area contributed by atoms with Gasteiger partial charge in [0.05, 0.1) is 12.0 Å². The molecule has 6 heteroatoms. The van der Waals surface area contributed by atoms with Crippen LogP contribution >= 0.6 is 0 Å². The normalized spacial score (nSPS) is 11.1. The van der Waals surface area contributed by atoms with E-state index in [-0.39, 0.29) is 5.69 Å². The molecule has 3 aromatic rings. The van der Waals surface area contributed by atoms with Gasteiger partial charge in [0.15, 0.2) is 5.58 Å². The highest BCUT2D eigenvalue weighted by Gasteiger charge is 2.10. The molecular formula is C16H12N2O4. The monoisotopic (exact) mass is 296 g/mol. The molecule has 3 rings (SSSR count). The third kappa shape index (κ3) is 2.80. The molecule has 0 amide bonds. The molecule has 0 N–H and O–H groups in total. The van der Waals surface area contributed by atoms with Gasteiger partial charge in [-0.1, -0.05) is 12.1 Å². The van der Waals surface area contributed by atoms with E-state index in [1.807, 2.05) is 30.3 Å². The predicted octanol–water partition coefficient (Wildman–Crippen LogP) is 3.92. The van der Waals surface area contributed by atoms with Crippen LogP contribution in [0, 0.1) is 10.1 Å². The van der Waals surface area contributed by atoms with Crippen molar-refractivity contribution in [3.63, 3.8) is 0 Å². The molecule has 6 nitrogen and oxygen atoms in total. The Bertz CT molecular complexity index is 850. The number of oxazole rings is 1. The van der Waals surface area contributed by atoms with Gasteiger partial charge in [-0.25, -0.2) is 4.98 Å². The second-order valence-corrected chi connectivity index (χ2v) is 4.57. The molecule has 0 atom stereocenters. The van der Waals surface area contributed by atoms with E-state index in [4.69, 9.17) is 9.15 Å². The van der Waals surface area contributed by atoms with E-state index in [2.05, 4.69) is 4.98 Å². The zero-order chi connectivity index (χ0) is 15.5. The number of methoxy groups -OCH3 is 1. The van der Waals surface area contributed by atoms with E-state index < -0.39 is 4.92 Å². The smallest absolute Gasteiger partial charge is 0.271 e. The number of nitrogens with zero attached hydrogens (tertiary/aromatic N) is 2. The maximum absolute atomic E-state index is 10.7. The SMILES string of the molecule is COc1ccc(/C=C/c2nc3cc([N+](=O)[O-])ccc3o2)cc1. The molecule has 0 aliphatic heterocycles. The highest BCUT2D eigenvalue weighted by atomic mass is 16.6. The topological polar surface area (TPSA) is 78.4 Å². The summed E-state index contributed by atoms with van der Waals surface area (Å²) in [5.74, 6) is 1.18. The van der Waals surface area contributed by atoms with Gasteiger partial charge in [-0.15, -0.1) is 0 Å². The van der Waals surface area contributed by atoms with E-state index in [1.165, 1.54) is 12.1 Å². The van der Waals surface area contributed by atoms with Gasteiger partial charge in [-0.3, -0.25) is 10.1 Å². The van der Waals surface area contributed by atoms with Crippen LogP contribution in [-0.4, -0.2) is 17.0 Å². The average molecular weight is 296 g/mol. The molecule has 2 aromatic carbocycles. The van der Waals surface area contributed by atoms with Crippen molar-refractivity contribution in [3.05, 3.63) is 64.0 Å². The second-order valence-electron chi connectivity index (χ2n) is 4.57. The minimum Gasteiger partial charge on any atom is -0.497 e. The summed E-state index contributed by atoms with van der Waals surface area (Å²) >= 11 is 0. The van der Waals surface area contributed by atoms with Crippen molar-refractivity contribution >= 4 is 28.9 Å². The summed E-state index contributed by atoms with van der Waals surface area (Å²) in [6, 6.07) is 11.9. The number of benzene rings is 2. The summed E-state index contributed by atoms with van der Waals surface area (Å²) in [5.41, 5.74) is 1.93. The molecule has 0 saturated carbocycles. The molecule has 0 radical (unpaired) electrons. The van der Waals surface area contributed by atoms with Crippen LogP contribution in [0.4, 0.5) is 5.69 Å². The number of fused-ring (bicyclic) bond motifs is 1. The van der Waals surface area contributed by atoms with Crippen molar-refractivity contribution in [2.45, 2.75) is 0 Å². The van der Waals surface area contributed by atoms with E-state index in [0.717, 1.165) is 11.3 Å². The fourth-order valence-corrected chi connectivity index (χ4v) is 2.00. The third-order valence-corrected chi connectivity index (χ3v) is 3.13. The number of hydrogen-bond acceptors (Lipinski definition) is 5. The Labute approximate surface area is 125 Å². The van der Waals surface area contributed by atoms with Crippen molar-refractivity contribution in [3.8, 4) is 5.75 Å². The number of rotatable bonds is 4. The number of non-ortho nitro benzene ring substituents is 1. The lowest BCUT2D eigenvalue weighted by atomic mass is 10.2. The van der Waals surface area contributed by atoms with Gasteiger partial charge in [0.2, 0.25) is 5.89 Å². The highest BCUT2D eigenvalue weighted by molar-refractivity contribution is 5.78. The maximum Gasteiger partial charge on any atom is 0.271 e. The largest absolute Gasteiger partial charge is 0.497 e. The van der Waals surface area contributed by atoms with Crippen molar-refractivity contribution in [1.29, 1.82) is 0 Å². The van der Waals surface area contributed by atoms with Crippen LogP contribution in [0.2, 0.25) is 0 Å². The minimum atomic E-state index is -0.457. The Morgan fingerprint density at radius 2 is 1.95 bits per heavy atom. The number of nitro groups is 1. The van der Waals surface area contributed by atoms with Gasteiger partial charge in [0, 0.05) is 18.2 Å². The zero-order valence-corrected chi connectivity index (χ0v) is 11.7. The highest BCUT2D eigenvalue weighted by Crippen LogP contribution is 2.22. The lowest BCUT2D eigenvalue weighted by Gasteiger charge is -1.98. The average Bonchev–Trinajstić information content (AvgIpc) is 2.95. The number of nitro benzene ring substituents is 1. The van der Waals surface area contributed by atoms with Crippen molar-refractivity contribution in [1.82, 2.24) is 4.98 Å². The first-order valence-corrected chi connectivity index (χ1v) is 6.53. The number of hydrogen-bond donors (Lipinski definition) is 0. The molecule has 0 spiro atoms. The molecular weight excluding hydrogens is 284 g/mol. The fourth-order valence-electron chi connectivity index (χ4n) is 2.00. The van der Waals surface area contributed by atoms with Crippen molar-refractivity contribution < 1.29 is 14.1 Å². The van der Waals surface area contributed by atoms with Crippen LogP contribution in [0.25, 0.3) is 23.3 Å².